The standard InChI is InChI=1S/C14H17ClN2O3/c1-13(2,3)20-12(18)17-7-14(8-17)11-9(6-19-14)4-10(15)5-16-11/h4-5H,6-8H2,1-3H3. The van der Waals surface area contributed by atoms with Gasteiger partial charge in [0.05, 0.1) is 30.4 Å². The zero-order chi connectivity index (χ0) is 14.5. The molecule has 2 aliphatic rings. The SMILES string of the molecule is CC(C)(C)OC(=O)N1CC2(C1)OCc1cc(Cl)cnc12. The molecule has 0 N–H and O–H groups in total. The van der Waals surface area contributed by atoms with Crippen molar-refractivity contribution in [2.45, 2.75) is 38.6 Å². The van der Waals surface area contributed by atoms with Crippen LogP contribution in [0.1, 0.15) is 32.0 Å². The second-order valence-corrected chi connectivity index (χ2v) is 6.72. The summed E-state index contributed by atoms with van der Waals surface area (Å²) in [6.07, 6.45) is 1.31. The summed E-state index contributed by atoms with van der Waals surface area (Å²) in [6, 6.07) is 1.87. The summed E-state index contributed by atoms with van der Waals surface area (Å²) in [4.78, 5) is 18.0. The van der Waals surface area contributed by atoms with E-state index in [1.54, 1.807) is 11.1 Å². The van der Waals surface area contributed by atoms with E-state index >= 15 is 0 Å². The minimum atomic E-state index is -0.486. The third-order valence-corrected chi connectivity index (χ3v) is 3.62. The van der Waals surface area contributed by atoms with Crippen molar-refractivity contribution in [3.63, 3.8) is 0 Å². The van der Waals surface area contributed by atoms with Crippen molar-refractivity contribution >= 4 is 17.7 Å². The van der Waals surface area contributed by atoms with Gasteiger partial charge in [-0.05, 0) is 26.8 Å². The molecule has 1 aromatic heterocycles. The maximum absolute atomic E-state index is 12.0. The molecule has 108 valence electrons. The van der Waals surface area contributed by atoms with E-state index in [1.165, 1.54) is 0 Å². The summed E-state index contributed by atoms with van der Waals surface area (Å²) in [5, 5.41) is 0.604. The molecular weight excluding hydrogens is 280 g/mol. The van der Waals surface area contributed by atoms with Gasteiger partial charge < -0.3 is 14.4 Å². The number of rotatable bonds is 0. The first-order valence-corrected chi connectivity index (χ1v) is 6.94. The van der Waals surface area contributed by atoms with Crippen LogP contribution in [0.2, 0.25) is 5.02 Å². The fraction of sp³-hybridized carbons (Fsp3) is 0.571. The topological polar surface area (TPSA) is 51.7 Å². The summed E-state index contributed by atoms with van der Waals surface area (Å²) in [5.41, 5.74) is 0.930. The second kappa shape index (κ2) is 4.33. The molecule has 0 atom stereocenters. The zero-order valence-electron chi connectivity index (χ0n) is 11.8. The molecule has 1 aromatic rings. The molecule has 1 spiro atoms. The van der Waals surface area contributed by atoms with Gasteiger partial charge in [0, 0.05) is 11.8 Å². The molecule has 2 aliphatic heterocycles. The Morgan fingerprint density at radius 1 is 1.50 bits per heavy atom. The van der Waals surface area contributed by atoms with Crippen LogP contribution in [-0.2, 0) is 21.7 Å². The van der Waals surface area contributed by atoms with Crippen molar-refractivity contribution in [3.8, 4) is 0 Å². The Bertz CT molecular complexity index is 562. The monoisotopic (exact) mass is 296 g/mol. The van der Waals surface area contributed by atoms with Crippen molar-refractivity contribution in [2.75, 3.05) is 13.1 Å². The molecule has 0 aliphatic carbocycles. The van der Waals surface area contributed by atoms with Crippen molar-refractivity contribution in [1.29, 1.82) is 0 Å². The highest BCUT2D eigenvalue weighted by Gasteiger charge is 2.53. The number of carbonyl (C=O) groups is 1. The van der Waals surface area contributed by atoms with Crippen molar-refractivity contribution in [3.05, 3.63) is 28.5 Å². The predicted molar refractivity (Wildman–Crippen MR) is 73.5 cm³/mol. The number of hydrogen-bond acceptors (Lipinski definition) is 4. The Morgan fingerprint density at radius 3 is 2.85 bits per heavy atom. The highest BCUT2D eigenvalue weighted by Crippen LogP contribution is 2.43. The first-order chi connectivity index (χ1) is 9.29. The van der Waals surface area contributed by atoms with Crippen LogP contribution in [0.25, 0.3) is 0 Å². The number of fused-ring (bicyclic) bond motifs is 2. The van der Waals surface area contributed by atoms with Gasteiger partial charge in [-0.3, -0.25) is 4.98 Å². The van der Waals surface area contributed by atoms with E-state index in [-0.39, 0.29) is 6.09 Å². The van der Waals surface area contributed by atoms with Crippen molar-refractivity contribution < 1.29 is 14.3 Å². The number of pyridine rings is 1. The first-order valence-electron chi connectivity index (χ1n) is 6.56. The largest absolute Gasteiger partial charge is 0.444 e. The molecule has 0 saturated carbocycles. The van der Waals surface area contributed by atoms with Gasteiger partial charge in [-0.1, -0.05) is 11.6 Å². The molecule has 3 rings (SSSR count). The van der Waals surface area contributed by atoms with Gasteiger partial charge in [0.15, 0.2) is 0 Å². The van der Waals surface area contributed by atoms with Crippen LogP contribution in [-0.4, -0.2) is 34.7 Å². The average molecular weight is 297 g/mol. The minimum absolute atomic E-state index is 0.311. The molecule has 0 bridgehead atoms. The van der Waals surface area contributed by atoms with Gasteiger partial charge in [0.1, 0.15) is 11.2 Å². The lowest BCUT2D eigenvalue weighted by Gasteiger charge is -2.46. The molecule has 1 saturated heterocycles. The summed E-state index contributed by atoms with van der Waals surface area (Å²) in [5.74, 6) is 0. The van der Waals surface area contributed by atoms with Crippen LogP contribution >= 0.6 is 11.6 Å². The Hall–Kier alpha value is -1.33. The molecule has 20 heavy (non-hydrogen) atoms. The number of nitrogens with zero attached hydrogens (tertiary/aromatic N) is 2. The molecule has 3 heterocycles. The van der Waals surface area contributed by atoms with Crippen LogP contribution in [0.3, 0.4) is 0 Å². The van der Waals surface area contributed by atoms with Gasteiger partial charge in [-0.2, -0.15) is 0 Å². The maximum Gasteiger partial charge on any atom is 0.410 e. The quantitative estimate of drug-likeness (QED) is 0.738. The Balaban J connectivity index is 1.71. The van der Waals surface area contributed by atoms with E-state index in [2.05, 4.69) is 4.98 Å². The molecule has 0 unspecified atom stereocenters. The average Bonchev–Trinajstić information content (AvgIpc) is 2.62. The third kappa shape index (κ3) is 2.25. The van der Waals surface area contributed by atoms with Crippen LogP contribution in [0.15, 0.2) is 12.3 Å². The zero-order valence-corrected chi connectivity index (χ0v) is 12.5. The Labute approximate surface area is 122 Å². The highest BCUT2D eigenvalue weighted by atomic mass is 35.5. The number of aromatic nitrogens is 1. The maximum atomic E-state index is 12.0. The van der Waals surface area contributed by atoms with Gasteiger partial charge in [-0.15, -0.1) is 0 Å². The molecular formula is C14H17ClN2O3. The second-order valence-electron chi connectivity index (χ2n) is 6.28. The molecule has 0 radical (unpaired) electrons. The lowest BCUT2D eigenvalue weighted by molar-refractivity contribution is -0.139. The van der Waals surface area contributed by atoms with Crippen molar-refractivity contribution in [1.82, 2.24) is 9.88 Å². The predicted octanol–water partition coefficient (Wildman–Crippen LogP) is 2.71. The first kappa shape index (κ1) is 13.6. The number of ether oxygens (including phenoxy) is 2. The number of amides is 1. The number of likely N-dealkylation sites (tertiary alicyclic amines) is 1. The molecule has 1 amide bonds. The van der Waals surface area contributed by atoms with E-state index in [1.807, 2.05) is 26.8 Å². The number of hydrogen-bond donors (Lipinski definition) is 0. The molecule has 1 fully saturated rings. The van der Waals surface area contributed by atoms with Gasteiger partial charge in [0.2, 0.25) is 0 Å². The molecule has 5 nitrogen and oxygen atoms in total. The fourth-order valence-electron chi connectivity index (χ4n) is 2.55. The molecule has 0 aromatic carbocycles. The molecule has 6 heteroatoms. The Kier molecular flexibility index (Phi) is 2.95. The van der Waals surface area contributed by atoms with E-state index < -0.39 is 11.2 Å². The van der Waals surface area contributed by atoms with E-state index in [0.29, 0.717) is 24.7 Å². The minimum Gasteiger partial charge on any atom is -0.444 e. The summed E-state index contributed by atoms with van der Waals surface area (Å²) < 4.78 is 11.2. The summed E-state index contributed by atoms with van der Waals surface area (Å²) in [7, 11) is 0. The van der Waals surface area contributed by atoms with Gasteiger partial charge in [-0.25, -0.2) is 4.79 Å². The normalized spacial score (nSPS) is 19.7. The number of halogens is 1. The highest BCUT2D eigenvalue weighted by molar-refractivity contribution is 6.30. The van der Waals surface area contributed by atoms with Crippen LogP contribution < -0.4 is 0 Å². The van der Waals surface area contributed by atoms with E-state index in [4.69, 9.17) is 21.1 Å². The van der Waals surface area contributed by atoms with E-state index in [9.17, 15) is 4.79 Å². The van der Waals surface area contributed by atoms with Gasteiger partial charge in [0.25, 0.3) is 0 Å². The lowest BCUT2D eigenvalue weighted by Crippen LogP contribution is -2.62. The van der Waals surface area contributed by atoms with Gasteiger partial charge >= 0.3 is 6.09 Å². The fourth-order valence-corrected chi connectivity index (χ4v) is 2.73. The Morgan fingerprint density at radius 2 is 2.20 bits per heavy atom. The lowest BCUT2D eigenvalue weighted by atomic mass is 9.90. The van der Waals surface area contributed by atoms with Crippen LogP contribution in [0.5, 0.6) is 0 Å². The van der Waals surface area contributed by atoms with Crippen LogP contribution in [0, 0.1) is 0 Å². The summed E-state index contributed by atoms with van der Waals surface area (Å²) >= 11 is 5.93. The number of carbonyl (C=O) groups excluding carboxylic acids is 1. The smallest absolute Gasteiger partial charge is 0.410 e. The van der Waals surface area contributed by atoms with E-state index in [0.717, 1.165) is 11.3 Å². The third-order valence-electron chi connectivity index (χ3n) is 3.41. The van der Waals surface area contributed by atoms with Crippen molar-refractivity contribution in [2.24, 2.45) is 0 Å². The van der Waals surface area contributed by atoms with Crippen LogP contribution in [0.4, 0.5) is 4.79 Å². The summed E-state index contributed by atoms with van der Waals surface area (Å²) in [6.45, 7) is 7.00.